The van der Waals surface area contributed by atoms with Gasteiger partial charge in [0.15, 0.2) is 0 Å². The highest BCUT2D eigenvalue weighted by Crippen LogP contribution is 2.18. The number of benzene rings is 2. The number of carbonyl (C=O) groups is 1. The number of nitrogens with two attached hydrogens (primary N) is 1. The van der Waals surface area contributed by atoms with Crippen LogP contribution in [0.5, 0.6) is 0 Å². The first-order valence-corrected chi connectivity index (χ1v) is 6.00. The van der Waals surface area contributed by atoms with Crippen LogP contribution in [0.4, 0.5) is 5.69 Å². The molecule has 2 aromatic carbocycles. The van der Waals surface area contributed by atoms with Crippen LogP contribution in [0, 0.1) is 0 Å². The first-order chi connectivity index (χ1) is 8.20. The highest BCUT2D eigenvalue weighted by Gasteiger charge is 2.11. The number of hydrogen-bond donors (Lipinski definition) is 3. The van der Waals surface area contributed by atoms with Gasteiger partial charge in [-0.15, -0.1) is 0 Å². The van der Waals surface area contributed by atoms with Crippen molar-refractivity contribution in [3.05, 3.63) is 42.5 Å². The summed E-state index contributed by atoms with van der Waals surface area (Å²) in [6.45, 7) is 0. The molecule has 0 aliphatic carbocycles. The lowest BCUT2D eigenvalue weighted by Crippen LogP contribution is -2.37. The smallest absolute Gasteiger partial charge is 0.242 e. The molecule has 2 aromatic rings. The van der Waals surface area contributed by atoms with E-state index in [0.29, 0.717) is 5.75 Å². The van der Waals surface area contributed by atoms with Gasteiger partial charge in [-0.25, -0.2) is 0 Å². The molecule has 0 saturated heterocycles. The Morgan fingerprint density at radius 1 is 1.24 bits per heavy atom. The molecule has 0 aromatic heterocycles. The van der Waals surface area contributed by atoms with Gasteiger partial charge in [0, 0.05) is 11.4 Å². The summed E-state index contributed by atoms with van der Waals surface area (Å²) >= 11 is 3.99. The first-order valence-electron chi connectivity index (χ1n) is 5.37. The molecule has 0 spiro atoms. The molecule has 2 rings (SSSR count). The fourth-order valence-corrected chi connectivity index (χ4v) is 1.75. The molecule has 0 bridgehead atoms. The van der Waals surface area contributed by atoms with Crippen molar-refractivity contribution in [3.8, 4) is 0 Å². The van der Waals surface area contributed by atoms with Crippen molar-refractivity contribution < 1.29 is 4.79 Å². The summed E-state index contributed by atoms with van der Waals surface area (Å²) in [6.07, 6.45) is 0. The molecule has 0 saturated carbocycles. The highest BCUT2D eigenvalue weighted by atomic mass is 32.1. The van der Waals surface area contributed by atoms with E-state index in [1.165, 1.54) is 0 Å². The third-order valence-corrected chi connectivity index (χ3v) is 2.94. The van der Waals surface area contributed by atoms with Gasteiger partial charge in [-0.3, -0.25) is 4.79 Å². The van der Waals surface area contributed by atoms with Crippen LogP contribution in [0.25, 0.3) is 10.8 Å². The lowest BCUT2D eigenvalue weighted by atomic mass is 10.1. The second-order valence-electron chi connectivity index (χ2n) is 3.84. The zero-order valence-electron chi connectivity index (χ0n) is 9.26. The zero-order chi connectivity index (χ0) is 12.3. The van der Waals surface area contributed by atoms with Crippen LogP contribution in [-0.2, 0) is 4.79 Å². The Hall–Kier alpha value is -1.52. The van der Waals surface area contributed by atoms with E-state index in [9.17, 15) is 4.79 Å². The number of amides is 1. The van der Waals surface area contributed by atoms with E-state index in [1.54, 1.807) is 0 Å². The van der Waals surface area contributed by atoms with Gasteiger partial charge < -0.3 is 11.1 Å². The minimum absolute atomic E-state index is 0.213. The van der Waals surface area contributed by atoms with E-state index in [4.69, 9.17) is 5.73 Å². The molecule has 3 nitrogen and oxygen atoms in total. The van der Waals surface area contributed by atoms with E-state index >= 15 is 0 Å². The molecule has 0 aliphatic heterocycles. The normalized spacial score (nSPS) is 12.4. The SMILES string of the molecule is N[C@H](CS)C(=O)Nc1ccc2ccccc2c1. The molecular weight excluding hydrogens is 232 g/mol. The van der Waals surface area contributed by atoms with Crippen LogP contribution in [0.2, 0.25) is 0 Å². The molecule has 0 unspecified atom stereocenters. The van der Waals surface area contributed by atoms with Crippen LogP contribution < -0.4 is 11.1 Å². The number of anilines is 1. The summed E-state index contributed by atoms with van der Waals surface area (Å²) in [5.74, 6) is 0.120. The molecule has 17 heavy (non-hydrogen) atoms. The summed E-state index contributed by atoms with van der Waals surface area (Å²) in [5.41, 5.74) is 6.34. The third kappa shape index (κ3) is 2.78. The van der Waals surface area contributed by atoms with Gasteiger partial charge in [-0.05, 0) is 22.9 Å². The molecule has 1 atom stereocenters. The molecule has 0 aliphatic rings. The molecule has 0 fully saturated rings. The van der Waals surface area contributed by atoms with E-state index in [-0.39, 0.29) is 5.91 Å². The lowest BCUT2D eigenvalue weighted by Gasteiger charge is -2.10. The monoisotopic (exact) mass is 246 g/mol. The average molecular weight is 246 g/mol. The van der Waals surface area contributed by atoms with Gasteiger partial charge in [0.05, 0.1) is 6.04 Å². The van der Waals surface area contributed by atoms with Crippen LogP contribution in [0.15, 0.2) is 42.5 Å². The van der Waals surface area contributed by atoms with E-state index < -0.39 is 6.04 Å². The Morgan fingerprint density at radius 2 is 1.94 bits per heavy atom. The Morgan fingerprint density at radius 3 is 2.65 bits per heavy atom. The predicted octanol–water partition coefficient (Wildman–Crippen LogP) is 2.04. The van der Waals surface area contributed by atoms with Gasteiger partial charge in [-0.2, -0.15) is 12.6 Å². The van der Waals surface area contributed by atoms with E-state index in [0.717, 1.165) is 16.5 Å². The largest absolute Gasteiger partial charge is 0.325 e. The van der Waals surface area contributed by atoms with Crippen molar-refractivity contribution in [3.63, 3.8) is 0 Å². The van der Waals surface area contributed by atoms with Gasteiger partial charge in [0.25, 0.3) is 0 Å². The van der Waals surface area contributed by atoms with Crippen LogP contribution in [0.1, 0.15) is 0 Å². The number of thiol groups is 1. The summed E-state index contributed by atoms with van der Waals surface area (Å²) in [4.78, 5) is 11.6. The summed E-state index contributed by atoms with van der Waals surface area (Å²) in [7, 11) is 0. The number of fused-ring (bicyclic) bond motifs is 1. The number of hydrogen-bond acceptors (Lipinski definition) is 3. The summed E-state index contributed by atoms with van der Waals surface area (Å²) < 4.78 is 0. The number of carbonyl (C=O) groups excluding carboxylic acids is 1. The molecule has 3 N–H and O–H groups in total. The van der Waals surface area contributed by atoms with Gasteiger partial charge in [0.2, 0.25) is 5.91 Å². The Labute approximate surface area is 105 Å². The predicted molar refractivity (Wildman–Crippen MR) is 74.4 cm³/mol. The first kappa shape index (κ1) is 12.0. The van der Waals surface area contributed by atoms with Crippen LogP contribution in [-0.4, -0.2) is 17.7 Å². The van der Waals surface area contributed by atoms with Gasteiger partial charge >= 0.3 is 0 Å². The highest BCUT2D eigenvalue weighted by molar-refractivity contribution is 7.80. The second kappa shape index (κ2) is 5.21. The molecule has 1 amide bonds. The Kier molecular flexibility index (Phi) is 3.66. The lowest BCUT2D eigenvalue weighted by molar-refractivity contribution is -0.116. The summed E-state index contributed by atoms with van der Waals surface area (Å²) in [6, 6.07) is 13.2. The molecule has 88 valence electrons. The van der Waals surface area contributed by atoms with E-state index in [1.807, 2.05) is 42.5 Å². The Balaban J connectivity index is 2.22. The minimum Gasteiger partial charge on any atom is -0.325 e. The fraction of sp³-hybridized carbons (Fsp3) is 0.154. The third-order valence-electron chi connectivity index (χ3n) is 2.55. The van der Waals surface area contributed by atoms with Crippen molar-refractivity contribution in [2.24, 2.45) is 5.73 Å². The zero-order valence-corrected chi connectivity index (χ0v) is 10.2. The molecule has 0 radical (unpaired) electrons. The fourth-order valence-electron chi connectivity index (χ4n) is 1.58. The molecular formula is C13H14N2OS. The van der Waals surface area contributed by atoms with Crippen molar-refractivity contribution in [2.75, 3.05) is 11.1 Å². The van der Waals surface area contributed by atoms with E-state index in [2.05, 4.69) is 17.9 Å². The van der Waals surface area contributed by atoms with Crippen molar-refractivity contribution in [1.29, 1.82) is 0 Å². The maximum Gasteiger partial charge on any atom is 0.242 e. The van der Waals surface area contributed by atoms with Crippen molar-refractivity contribution >= 4 is 35.0 Å². The topological polar surface area (TPSA) is 55.1 Å². The van der Waals surface area contributed by atoms with Gasteiger partial charge in [0.1, 0.15) is 0 Å². The maximum absolute atomic E-state index is 11.6. The second-order valence-corrected chi connectivity index (χ2v) is 4.21. The van der Waals surface area contributed by atoms with Crippen LogP contribution >= 0.6 is 12.6 Å². The Bertz CT molecular complexity index is 542. The summed E-state index contributed by atoms with van der Waals surface area (Å²) in [5, 5.41) is 5.00. The average Bonchev–Trinajstić information content (AvgIpc) is 2.37. The maximum atomic E-state index is 11.6. The van der Waals surface area contributed by atoms with Crippen LogP contribution in [0.3, 0.4) is 0 Å². The molecule has 0 heterocycles. The quantitative estimate of drug-likeness (QED) is 0.726. The minimum atomic E-state index is -0.579. The number of rotatable bonds is 3. The number of nitrogens with one attached hydrogen (secondary N) is 1. The molecule has 4 heteroatoms. The van der Waals surface area contributed by atoms with Crippen molar-refractivity contribution in [2.45, 2.75) is 6.04 Å². The van der Waals surface area contributed by atoms with Crippen molar-refractivity contribution in [1.82, 2.24) is 0 Å². The standard InChI is InChI=1S/C13H14N2OS/c14-12(8-17)13(16)15-11-6-5-9-3-1-2-4-10(9)7-11/h1-7,12,17H,8,14H2,(H,15,16)/t12-/m1/s1. The van der Waals surface area contributed by atoms with Gasteiger partial charge in [-0.1, -0.05) is 30.3 Å².